The normalized spacial score (nSPS) is 14.1. The van der Waals surface area contributed by atoms with E-state index in [-0.39, 0.29) is 36.3 Å². The van der Waals surface area contributed by atoms with Crippen molar-refractivity contribution in [3.63, 3.8) is 0 Å². The Labute approximate surface area is 144 Å². The molecule has 2 N–H and O–H groups in total. The Bertz CT molecular complexity index is 751. The highest BCUT2D eigenvalue weighted by Crippen LogP contribution is 2.27. The molecule has 0 aliphatic carbocycles. The number of rotatable bonds is 2. The van der Waals surface area contributed by atoms with E-state index in [0.717, 1.165) is 18.2 Å². The van der Waals surface area contributed by atoms with E-state index in [1.807, 2.05) is 0 Å². The topological polar surface area (TPSA) is 72.4 Å². The van der Waals surface area contributed by atoms with E-state index in [2.05, 4.69) is 4.98 Å². The summed E-state index contributed by atoms with van der Waals surface area (Å²) in [6.45, 7) is 4.04. The third-order valence-corrected chi connectivity index (χ3v) is 3.68. The predicted molar refractivity (Wildman–Crippen MR) is 86.5 cm³/mol. The Hall–Kier alpha value is -1.99. The molecule has 8 heteroatoms. The van der Waals surface area contributed by atoms with Gasteiger partial charge in [-0.25, -0.2) is 13.8 Å². The maximum Gasteiger partial charge on any atom is 0.242 e. The van der Waals surface area contributed by atoms with Gasteiger partial charge in [0.1, 0.15) is 23.1 Å². The number of benzene rings is 1. The van der Waals surface area contributed by atoms with Crippen molar-refractivity contribution in [3.8, 4) is 11.5 Å². The minimum atomic E-state index is -0.963. The van der Waals surface area contributed by atoms with Gasteiger partial charge in [0.15, 0.2) is 0 Å². The highest BCUT2D eigenvalue weighted by Gasteiger charge is 2.32. The summed E-state index contributed by atoms with van der Waals surface area (Å²) in [6.07, 6.45) is 0.488. The average Bonchev–Trinajstić information content (AvgIpc) is 2.87. The van der Waals surface area contributed by atoms with E-state index in [1.54, 1.807) is 18.7 Å². The van der Waals surface area contributed by atoms with Crippen molar-refractivity contribution in [2.24, 2.45) is 5.73 Å². The highest BCUT2D eigenvalue weighted by molar-refractivity contribution is 5.85. The van der Waals surface area contributed by atoms with Gasteiger partial charge in [-0.05, 0) is 26.0 Å². The van der Waals surface area contributed by atoms with E-state index in [4.69, 9.17) is 10.2 Å². The number of aromatic nitrogens is 1. The van der Waals surface area contributed by atoms with Gasteiger partial charge in [-0.3, -0.25) is 4.79 Å². The molecule has 24 heavy (non-hydrogen) atoms. The van der Waals surface area contributed by atoms with Gasteiger partial charge in [-0.2, -0.15) is 0 Å². The van der Waals surface area contributed by atoms with Gasteiger partial charge in [0.2, 0.25) is 11.8 Å². The van der Waals surface area contributed by atoms with Crippen molar-refractivity contribution in [1.29, 1.82) is 0 Å². The van der Waals surface area contributed by atoms with Gasteiger partial charge in [0.05, 0.1) is 12.1 Å². The molecule has 0 bridgehead atoms. The first-order chi connectivity index (χ1) is 10.7. The molecule has 3 rings (SSSR count). The quantitative estimate of drug-likeness (QED) is 0.896. The van der Waals surface area contributed by atoms with Gasteiger partial charge in [-0.1, -0.05) is 0 Å². The zero-order valence-corrected chi connectivity index (χ0v) is 14.1. The van der Waals surface area contributed by atoms with Gasteiger partial charge in [0.25, 0.3) is 0 Å². The summed E-state index contributed by atoms with van der Waals surface area (Å²) in [5.74, 6) is -0.793. The summed E-state index contributed by atoms with van der Waals surface area (Å²) < 4.78 is 32.2. The molecule has 0 unspecified atom stereocenters. The number of fused-ring (bicyclic) bond motifs is 1. The van der Waals surface area contributed by atoms with Crippen LogP contribution in [0.3, 0.4) is 0 Å². The molecule has 0 saturated heterocycles. The molecule has 0 radical (unpaired) electrons. The number of nitrogens with zero attached hydrogens (tertiary/aromatic N) is 2. The molecule has 130 valence electrons. The van der Waals surface area contributed by atoms with E-state index in [0.29, 0.717) is 24.4 Å². The van der Waals surface area contributed by atoms with Crippen molar-refractivity contribution in [1.82, 2.24) is 9.88 Å². The van der Waals surface area contributed by atoms with Crippen molar-refractivity contribution in [2.75, 3.05) is 6.54 Å². The minimum Gasteiger partial charge on any atom is -0.441 e. The molecule has 1 amide bonds. The first-order valence-electron chi connectivity index (χ1n) is 7.27. The van der Waals surface area contributed by atoms with Crippen LogP contribution in [0.5, 0.6) is 0 Å². The largest absolute Gasteiger partial charge is 0.441 e. The highest BCUT2D eigenvalue weighted by atomic mass is 35.5. The summed E-state index contributed by atoms with van der Waals surface area (Å²) >= 11 is 0. The number of nitrogens with two attached hydrogens (primary N) is 1. The molecule has 5 nitrogen and oxygen atoms in total. The Balaban J connectivity index is 0.00000208. The molecule has 0 fully saturated rings. The summed E-state index contributed by atoms with van der Waals surface area (Å²) in [5, 5.41) is 0. The van der Waals surface area contributed by atoms with Gasteiger partial charge in [0, 0.05) is 24.6 Å². The lowest BCUT2D eigenvalue weighted by atomic mass is 10.0. The number of hydrogen-bond acceptors (Lipinski definition) is 4. The molecule has 0 saturated carbocycles. The molecule has 0 spiro atoms. The average molecular weight is 358 g/mol. The van der Waals surface area contributed by atoms with Crippen LogP contribution in [0.4, 0.5) is 8.78 Å². The number of carbonyl (C=O) groups is 1. The lowest BCUT2D eigenvalue weighted by Crippen LogP contribution is -2.52. The molecule has 1 aliphatic rings. The standard InChI is InChI=1S/C16H17F2N3O2.ClH/c1-16(2,19)15(22)21-4-3-13-12(8-21)20-14(23-13)9-5-10(17)7-11(18)6-9;/h5-7H,3-4,8,19H2,1-2H3;1H. The minimum absolute atomic E-state index is 0. The molecule has 0 atom stereocenters. The van der Waals surface area contributed by atoms with Gasteiger partial charge < -0.3 is 15.1 Å². The Morgan fingerprint density at radius 2 is 1.92 bits per heavy atom. The van der Waals surface area contributed by atoms with Crippen LogP contribution in [0.2, 0.25) is 0 Å². The monoisotopic (exact) mass is 357 g/mol. The lowest BCUT2D eigenvalue weighted by Gasteiger charge is -2.31. The smallest absolute Gasteiger partial charge is 0.242 e. The first-order valence-corrected chi connectivity index (χ1v) is 7.27. The van der Waals surface area contributed by atoms with Gasteiger partial charge >= 0.3 is 0 Å². The Kier molecular flexibility index (Phi) is 4.96. The summed E-state index contributed by atoms with van der Waals surface area (Å²) in [4.78, 5) is 18.1. The molecule has 2 heterocycles. The Morgan fingerprint density at radius 1 is 1.29 bits per heavy atom. The van der Waals surface area contributed by atoms with Crippen molar-refractivity contribution < 1.29 is 18.0 Å². The van der Waals surface area contributed by atoms with Crippen LogP contribution in [0, 0.1) is 11.6 Å². The maximum atomic E-state index is 13.3. The van der Waals surface area contributed by atoms with Gasteiger partial charge in [-0.15, -0.1) is 12.4 Å². The Morgan fingerprint density at radius 3 is 2.50 bits per heavy atom. The van der Waals surface area contributed by atoms with Crippen molar-refractivity contribution in [2.45, 2.75) is 32.4 Å². The summed E-state index contributed by atoms with van der Waals surface area (Å²) in [7, 11) is 0. The molecule has 1 aliphatic heterocycles. The summed E-state index contributed by atoms with van der Waals surface area (Å²) in [6, 6.07) is 3.11. The number of hydrogen-bond donors (Lipinski definition) is 1. The van der Waals surface area contributed by atoms with Crippen LogP contribution in [0.25, 0.3) is 11.5 Å². The lowest BCUT2D eigenvalue weighted by molar-refractivity contribution is -0.136. The van der Waals surface area contributed by atoms with E-state index >= 15 is 0 Å². The maximum absolute atomic E-state index is 13.3. The number of oxazole rings is 1. The molecule has 1 aromatic heterocycles. The fourth-order valence-electron chi connectivity index (χ4n) is 2.58. The molecule has 2 aromatic rings. The van der Waals surface area contributed by atoms with Crippen molar-refractivity contribution >= 4 is 18.3 Å². The van der Waals surface area contributed by atoms with Crippen LogP contribution >= 0.6 is 12.4 Å². The number of carbonyl (C=O) groups excluding carboxylic acids is 1. The van der Waals surface area contributed by atoms with E-state index in [1.165, 1.54) is 0 Å². The van der Waals surface area contributed by atoms with Crippen LogP contribution in [0.15, 0.2) is 22.6 Å². The third-order valence-electron chi connectivity index (χ3n) is 3.68. The second-order valence-corrected chi connectivity index (χ2v) is 6.25. The van der Waals surface area contributed by atoms with E-state index < -0.39 is 17.2 Å². The molecule has 1 aromatic carbocycles. The van der Waals surface area contributed by atoms with E-state index in [9.17, 15) is 13.6 Å². The third kappa shape index (κ3) is 3.57. The fraction of sp³-hybridized carbons (Fsp3) is 0.375. The number of halogens is 3. The SMILES string of the molecule is CC(C)(N)C(=O)N1CCc2oc(-c3cc(F)cc(F)c3)nc2C1.Cl. The second kappa shape index (κ2) is 6.49. The van der Waals surface area contributed by atoms with Crippen LogP contribution in [-0.2, 0) is 17.8 Å². The van der Waals surface area contributed by atoms with Crippen LogP contribution < -0.4 is 5.73 Å². The molecular weight excluding hydrogens is 340 g/mol. The second-order valence-electron chi connectivity index (χ2n) is 6.25. The van der Waals surface area contributed by atoms with Crippen molar-refractivity contribution in [3.05, 3.63) is 41.3 Å². The summed E-state index contributed by atoms with van der Waals surface area (Å²) in [5.41, 5.74) is 5.70. The zero-order chi connectivity index (χ0) is 16.8. The molecular formula is C16H18ClF2N3O2. The van der Waals surface area contributed by atoms with Crippen LogP contribution in [-0.4, -0.2) is 27.9 Å². The number of amides is 1. The fourth-order valence-corrected chi connectivity index (χ4v) is 2.58. The van der Waals surface area contributed by atoms with Crippen LogP contribution in [0.1, 0.15) is 25.3 Å². The zero-order valence-electron chi connectivity index (χ0n) is 13.3. The first kappa shape index (κ1) is 18.4. The predicted octanol–water partition coefficient (Wildman–Crippen LogP) is 2.66.